The van der Waals surface area contributed by atoms with E-state index in [2.05, 4.69) is 6.92 Å². The van der Waals surface area contributed by atoms with Gasteiger partial charge in [-0.3, -0.25) is 4.79 Å². The zero-order valence-electron chi connectivity index (χ0n) is 7.86. The third-order valence-corrected chi connectivity index (χ3v) is 6.67. The predicted molar refractivity (Wildman–Crippen MR) is 46.8 cm³/mol. The summed E-state index contributed by atoms with van der Waals surface area (Å²) in [6.45, 7) is 2.29. The summed E-state index contributed by atoms with van der Waals surface area (Å²) in [7, 11) is 0. The van der Waals surface area contributed by atoms with Gasteiger partial charge in [0, 0.05) is 11.3 Å². The lowest BCUT2D eigenvalue weighted by molar-refractivity contribution is -0.147. The van der Waals surface area contributed by atoms with Crippen molar-refractivity contribution >= 4 is 5.78 Å². The molecule has 1 nitrogen and oxygen atoms in total. The van der Waals surface area contributed by atoms with Crippen LogP contribution in [0.3, 0.4) is 0 Å². The van der Waals surface area contributed by atoms with E-state index in [1.54, 1.807) is 0 Å². The highest BCUT2D eigenvalue weighted by Crippen LogP contribution is 2.86. The Bertz CT molecular complexity index is 360. The van der Waals surface area contributed by atoms with Crippen LogP contribution in [0.4, 0.5) is 0 Å². The fourth-order valence-corrected chi connectivity index (χ4v) is 6.62. The number of carbonyl (C=O) groups excluding carboxylic acids is 1. The van der Waals surface area contributed by atoms with Crippen LogP contribution < -0.4 is 0 Å². The summed E-state index contributed by atoms with van der Waals surface area (Å²) in [5.41, 5.74) is 0.196. The summed E-state index contributed by atoms with van der Waals surface area (Å²) in [6.07, 6.45) is 2.86. The maximum absolute atomic E-state index is 12.2. The van der Waals surface area contributed by atoms with E-state index in [0.717, 1.165) is 35.5 Å². The molecule has 13 heavy (non-hydrogen) atoms. The van der Waals surface area contributed by atoms with E-state index in [0.29, 0.717) is 11.7 Å². The van der Waals surface area contributed by atoms with Crippen LogP contribution in [0, 0.1) is 46.8 Å². The lowest BCUT2D eigenvalue weighted by atomic mass is 9.50. The summed E-state index contributed by atoms with van der Waals surface area (Å²) in [5, 5.41) is 0. The maximum Gasteiger partial charge on any atom is 0.142 e. The Balaban J connectivity index is 1.91. The van der Waals surface area contributed by atoms with E-state index < -0.39 is 0 Å². The molecule has 5 aliphatic rings. The van der Waals surface area contributed by atoms with Crippen LogP contribution in [-0.4, -0.2) is 5.78 Å². The molecule has 5 saturated carbocycles. The topological polar surface area (TPSA) is 17.1 Å². The van der Waals surface area contributed by atoms with Crippen molar-refractivity contribution in [1.82, 2.24) is 0 Å². The van der Waals surface area contributed by atoms with Gasteiger partial charge in [-0.05, 0) is 48.3 Å². The van der Waals surface area contributed by atoms with Crippen molar-refractivity contribution in [3.8, 4) is 0 Å². The van der Waals surface area contributed by atoms with Crippen LogP contribution in [0.2, 0.25) is 0 Å². The molecule has 0 N–H and O–H groups in total. The van der Waals surface area contributed by atoms with Gasteiger partial charge in [-0.1, -0.05) is 6.92 Å². The van der Waals surface area contributed by atoms with Gasteiger partial charge < -0.3 is 0 Å². The Morgan fingerprint density at radius 2 is 2.08 bits per heavy atom. The molecule has 0 spiro atoms. The minimum Gasteiger partial charge on any atom is -0.299 e. The fourth-order valence-electron chi connectivity index (χ4n) is 6.62. The first-order chi connectivity index (χ1) is 6.24. The Labute approximate surface area is 77.9 Å². The SMILES string of the molecule is CC12C(=O)C3C4CC1C1C4CC3C12. The van der Waals surface area contributed by atoms with Crippen molar-refractivity contribution in [2.45, 2.75) is 19.8 Å². The van der Waals surface area contributed by atoms with Crippen LogP contribution in [0.5, 0.6) is 0 Å². The quantitative estimate of drug-likeness (QED) is 0.546. The normalized spacial score (nSPS) is 79.8. The average Bonchev–Trinajstić information content (AvgIpc) is 2.63. The van der Waals surface area contributed by atoms with E-state index in [1.807, 2.05) is 0 Å². The van der Waals surface area contributed by atoms with Gasteiger partial charge in [0.2, 0.25) is 0 Å². The second-order valence-corrected chi connectivity index (χ2v) is 6.35. The summed E-state index contributed by atoms with van der Waals surface area (Å²) in [5.74, 6) is 6.68. The zero-order valence-corrected chi connectivity index (χ0v) is 7.86. The summed E-state index contributed by atoms with van der Waals surface area (Å²) in [6, 6.07) is 0. The number of hydrogen-bond acceptors (Lipinski definition) is 1. The van der Waals surface area contributed by atoms with Crippen molar-refractivity contribution in [3.05, 3.63) is 0 Å². The first kappa shape index (κ1) is 6.21. The maximum atomic E-state index is 12.2. The van der Waals surface area contributed by atoms with Gasteiger partial charge in [0.15, 0.2) is 0 Å². The van der Waals surface area contributed by atoms with Gasteiger partial charge >= 0.3 is 0 Å². The van der Waals surface area contributed by atoms with Crippen LogP contribution >= 0.6 is 0 Å². The zero-order chi connectivity index (χ0) is 8.53. The largest absolute Gasteiger partial charge is 0.299 e. The molecule has 2 bridgehead atoms. The molecule has 0 radical (unpaired) electrons. The van der Waals surface area contributed by atoms with Gasteiger partial charge in [0.1, 0.15) is 5.78 Å². The smallest absolute Gasteiger partial charge is 0.142 e. The molecule has 5 fully saturated rings. The van der Waals surface area contributed by atoms with Crippen LogP contribution in [0.25, 0.3) is 0 Å². The van der Waals surface area contributed by atoms with E-state index in [9.17, 15) is 4.79 Å². The van der Waals surface area contributed by atoms with Gasteiger partial charge in [0.25, 0.3) is 0 Å². The molecule has 0 aliphatic heterocycles. The molecule has 0 aromatic carbocycles. The van der Waals surface area contributed by atoms with Crippen molar-refractivity contribution in [2.75, 3.05) is 0 Å². The lowest BCUT2D eigenvalue weighted by Gasteiger charge is -2.53. The van der Waals surface area contributed by atoms with Crippen molar-refractivity contribution in [1.29, 1.82) is 0 Å². The highest BCUT2D eigenvalue weighted by atomic mass is 16.1. The number of Topliss-reactive ketones (excluding diaryl/α,β-unsaturated/α-hetero) is 1. The Morgan fingerprint density at radius 3 is 2.92 bits per heavy atom. The molecule has 8 atom stereocenters. The number of carbonyl (C=O) groups is 1. The highest BCUT2D eigenvalue weighted by molar-refractivity contribution is 5.94. The first-order valence-electron chi connectivity index (χ1n) is 5.79. The van der Waals surface area contributed by atoms with Crippen LogP contribution in [0.1, 0.15) is 19.8 Å². The molecule has 8 unspecified atom stereocenters. The minimum absolute atomic E-state index is 0.196. The second kappa shape index (κ2) is 1.32. The molecule has 68 valence electrons. The molecule has 5 aliphatic carbocycles. The molecular formula is C12H14O. The average molecular weight is 174 g/mol. The molecule has 1 heteroatoms. The molecule has 0 saturated heterocycles. The summed E-state index contributed by atoms with van der Waals surface area (Å²) in [4.78, 5) is 12.2. The summed E-state index contributed by atoms with van der Waals surface area (Å²) >= 11 is 0. The first-order valence-corrected chi connectivity index (χ1v) is 5.79. The molecule has 0 aromatic rings. The predicted octanol–water partition coefficient (Wildman–Crippen LogP) is 1.72. The highest BCUT2D eigenvalue weighted by Gasteiger charge is 2.85. The molecule has 0 aromatic heterocycles. The van der Waals surface area contributed by atoms with Crippen molar-refractivity contribution in [3.63, 3.8) is 0 Å². The second-order valence-electron chi connectivity index (χ2n) is 6.35. The molecule has 0 heterocycles. The number of hydrogen-bond donors (Lipinski definition) is 0. The van der Waals surface area contributed by atoms with E-state index in [1.165, 1.54) is 12.8 Å². The van der Waals surface area contributed by atoms with E-state index in [-0.39, 0.29) is 5.41 Å². The molecule has 0 amide bonds. The van der Waals surface area contributed by atoms with Crippen LogP contribution in [-0.2, 0) is 4.79 Å². The summed E-state index contributed by atoms with van der Waals surface area (Å²) < 4.78 is 0. The van der Waals surface area contributed by atoms with E-state index >= 15 is 0 Å². The third kappa shape index (κ3) is 0.328. The number of ketones is 1. The fraction of sp³-hybridized carbons (Fsp3) is 0.917. The standard InChI is InChI=1S/C12H14O/c1-12-7-3-5-4-2-6(8(5)11(12)13)10(12)9(4)7/h4-10H,2-3H2,1H3. The molecule has 5 rings (SSSR count). The van der Waals surface area contributed by atoms with E-state index in [4.69, 9.17) is 0 Å². The Hall–Kier alpha value is -0.330. The van der Waals surface area contributed by atoms with Gasteiger partial charge in [0.05, 0.1) is 0 Å². The number of fused-ring (bicyclic) bond motifs is 2. The van der Waals surface area contributed by atoms with Crippen molar-refractivity contribution in [2.24, 2.45) is 46.8 Å². The van der Waals surface area contributed by atoms with Gasteiger partial charge in [-0.15, -0.1) is 0 Å². The van der Waals surface area contributed by atoms with Crippen molar-refractivity contribution < 1.29 is 4.79 Å². The Kier molecular flexibility index (Phi) is 0.633. The van der Waals surface area contributed by atoms with Crippen LogP contribution in [0.15, 0.2) is 0 Å². The minimum atomic E-state index is 0.196. The number of rotatable bonds is 0. The lowest BCUT2D eigenvalue weighted by Crippen LogP contribution is -2.53. The Morgan fingerprint density at radius 1 is 1.23 bits per heavy atom. The third-order valence-electron chi connectivity index (χ3n) is 6.67. The molecular weight excluding hydrogens is 160 g/mol. The van der Waals surface area contributed by atoms with Gasteiger partial charge in [-0.2, -0.15) is 0 Å². The van der Waals surface area contributed by atoms with Gasteiger partial charge in [-0.25, -0.2) is 0 Å². The monoisotopic (exact) mass is 174 g/mol.